The van der Waals surface area contributed by atoms with Crippen molar-refractivity contribution in [3.05, 3.63) is 36.4 Å². The van der Waals surface area contributed by atoms with Gasteiger partial charge < -0.3 is 30.7 Å². The maximum absolute atomic E-state index is 13.4. The number of hydrogen-bond donors (Lipinski definition) is 3. The van der Waals surface area contributed by atoms with E-state index in [-0.39, 0.29) is 17.7 Å². The minimum atomic E-state index is -1.10. The minimum Gasteiger partial charge on any atom is -0.497 e. The Morgan fingerprint density at radius 2 is 2.00 bits per heavy atom. The van der Waals surface area contributed by atoms with Crippen molar-refractivity contribution >= 4 is 29.5 Å². The van der Waals surface area contributed by atoms with Crippen LogP contribution in [0.25, 0.3) is 0 Å². The molecule has 4 unspecified atom stereocenters. The van der Waals surface area contributed by atoms with Gasteiger partial charge in [-0.25, -0.2) is 4.79 Å². The molecule has 2 aliphatic heterocycles. The predicted molar refractivity (Wildman–Crippen MR) is 132 cm³/mol. The van der Waals surface area contributed by atoms with E-state index in [9.17, 15) is 19.2 Å². The normalized spacial score (nSPS) is 29.5. The Bertz CT molecular complexity index is 1040. The number of nitrogens with two attached hydrogens (primary N) is 1. The third kappa shape index (κ3) is 5.63. The molecule has 4 atom stereocenters. The van der Waals surface area contributed by atoms with Gasteiger partial charge in [0, 0.05) is 24.2 Å². The summed E-state index contributed by atoms with van der Waals surface area (Å²) in [5, 5.41) is 5.88. The molecule has 4 rings (SSSR count). The van der Waals surface area contributed by atoms with Gasteiger partial charge in [0.25, 0.3) is 11.8 Å². The van der Waals surface area contributed by atoms with E-state index in [0.29, 0.717) is 50.1 Å². The number of carbonyl (C=O) groups excluding carboxylic acids is 4. The van der Waals surface area contributed by atoms with E-state index < -0.39 is 29.7 Å². The zero-order valence-corrected chi connectivity index (χ0v) is 20.5. The van der Waals surface area contributed by atoms with Crippen LogP contribution in [-0.4, -0.2) is 60.1 Å². The van der Waals surface area contributed by atoms with Gasteiger partial charge in [-0.2, -0.15) is 0 Å². The standard InChI is InChI=1S/C26H34N4O6/c1-35-19-11-7-10-18(15-19)28-24(33)26-16-17(26)9-5-3-2-4-6-13-21(36-25(27)34)23(32)30-14-8-12-20(30)22(31)29-26/h5,7,9-11,15,17,20-21H,2-4,6,8,12-14,16H2,1H3,(H2,27,34)(H,28,33)(H,29,31)/b9-5+. The number of amides is 4. The number of benzene rings is 1. The highest BCUT2D eigenvalue weighted by molar-refractivity contribution is 6.04. The fraction of sp³-hybridized carbons (Fsp3) is 0.538. The molecule has 0 spiro atoms. The number of primary amides is 1. The zero-order chi connectivity index (χ0) is 25.7. The van der Waals surface area contributed by atoms with E-state index in [1.54, 1.807) is 31.4 Å². The van der Waals surface area contributed by atoms with Crippen LogP contribution in [-0.2, 0) is 19.1 Å². The van der Waals surface area contributed by atoms with Crippen molar-refractivity contribution in [3.63, 3.8) is 0 Å². The van der Waals surface area contributed by atoms with Crippen molar-refractivity contribution in [2.75, 3.05) is 19.0 Å². The SMILES string of the molecule is COc1cccc(NC(=O)C23CC2/C=C/CCCCCC(OC(N)=O)C(=O)N2CCCC2C(=O)N3)c1. The first kappa shape index (κ1) is 25.5. The summed E-state index contributed by atoms with van der Waals surface area (Å²) >= 11 is 0. The maximum atomic E-state index is 13.4. The fourth-order valence-corrected chi connectivity index (χ4v) is 5.12. The van der Waals surface area contributed by atoms with Gasteiger partial charge in [-0.15, -0.1) is 0 Å². The van der Waals surface area contributed by atoms with Crippen LogP contribution in [0.4, 0.5) is 10.5 Å². The Kier molecular flexibility index (Phi) is 7.81. The Morgan fingerprint density at radius 3 is 2.78 bits per heavy atom. The first-order chi connectivity index (χ1) is 17.3. The Balaban J connectivity index is 1.57. The smallest absolute Gasteiger partial charge is 0.405 e. The van der Waals surface area contributed by atoms with Crippen molar-refractivity contribution in [1.29, 1.82) is 0 Å². The molecule has 1 saturated heterocycles. The molecule has 4 N–H and O–H groups in total. The molecule has 2 fully saturated rings. The van der Waals surface area contributed by atoms with Crippen LogP contribution in [0.15, 0.2) is 36.4 Å². The van der Waals surface area contributed by atoms with Gasteiger partial charge in [-0.05, 0) is 57.1 Å². The van der Waals surface area contributed by atoms with Crippen LogP contribution in [0.3, 0.4) is 0 Å². The lowest BCUT2D eigenvalue weighted by molar-refractivity contribution is -0.146. The molecule has 0 bridgehead atoms. The number of ether oxygens (including phenoxy) is 2. The van der Waals surface area contributed by atoms with Crippen LogP contribution in [0.2, 0.25) is 0 Å². The minimum absolute atomic E-state index is 0.145. The Morgan fingerprint density at radius 1 is 1.17 bits per heavy atom. The average molecular weight is 499 g/mol. The van der Waals surface area contributed by atoms with E-state index in [1.165, 1.54) is 4.90 Å². The van der Waals surface area contributed by atoms with Crippen molar-refractivity contribution in [1.82, 2.24) is 10.2 Å². The molecule has 1 aromatic rings. The number of carbonyl (C=O) groups is 4. The second-order valence-corrected chi connectivity index (χ2v) is 9.64. The maximum Gasteiger partial charge on any atom is 0.405 e. The summed E-state index contributed by atoms with van der Waals surface area (Å²) in [5.74, 6) is -0.647. The van der Waals surface area contributed by atoms with Crippen LogP contribution in [0.5, 0.6) is 5.75 Å². The molecule has 4 amide bonds. The fourth-order valence-electron chi connectivity index (χ4n) is 5.12. The van der Waals surface area contributed by atoms with Crippen LogP contribution in [0, 0.1) is 5.92 Å². The Hall–Kier alpha value is -3.56. The molecule has 2 heterocycles. The molecular weight excluding hydrogens is 464 g/mol. The molecule has 1 saturated carbocycles. The molecule has 194 valence electrons. The summed E-state index contributed by atoms with van der Waals surface area (Å²) in [6, 6.07) is 6.29. The van der Waals surface area contributed by atoms with Crippen molar-refractivity contribution in [2.45, 2.75) is 69.1 Å². The number of nitrogens with zero attached hydrogens (tertiary/aromatic N) is 1. The molecule has 3 aliphatic rings. The van der Waals surface area contributed by atoms with Gasteiger partial charge in [0.1, 0.15) is 17.3 Å². The van der Waals surface area contributed by atoms with Crippen molar-refractivity contribution in [2.24, 2.45) is 11.7 Å². The van der Waals surface area contributed by atoms with Crippen LogP contribution in [0.1, 0.15) is 51.4 Å². The number of allylic oxidation sites excluding steroid dienone is 1. The van der Waals surface area contributed by atoms with Crippen molar-refractivity contribution in [3.8, 4) is 5.75 Å². The highest BCUT2D eigenvalue weighted by Crippen LogP contribution is 2.46. The second kappa shape index (κ2) is 11.0. The van der Waals surface area contributed by atoms with E-state index in [4.69, 9.17) is 15.2 Å². The summed E-state index contributed by atoms with van der Waals surface area (Å²) in [6.07, 6.45) is 7.19. The number of hydrogen-bond acceptors (Lipinski definition) is 6. The predicted octanol–water partition coefficient (Wildman–Crippen LogP) is 2.48. The monoisotopic (exact) mass is 498 g/mol. The van der Waals surface area contributed by atoms with Gasteiger partial charge in [0.2, 0.25) is 5.91 Å². The number of fused-ring (bicyclic) bond motifs is 2. The summed E-state index contributed by atoms with van der Waals surface area (Å²) in [7, 11) is 1.55. The van der Waals surface area contributed by atoms with E-state index in [2.05, 4.69) is 10.6 Å². The zero-order valence-electron chi connectivity index (χ0n) is 20.5. The summed E-state index contributed by atoms with van der Waals surface area (Å²) < 4.78 is 10.4. The first-order valence-electron chi connectivity index (χ1n) is 12.5. The quantitative estimate of drug-likeness (QED) is 0.545. The lowest BCUT2D eigenvalue weighted by Gasteiger charge is -2.29. The number of anilines is 1. The second-order valence-electron chi connectivity index (χ2n) is 9.64. The van der Waals surface area contributed by atoms with Crippen LogP contribution < -0.4 is 21.1 Å². The Labute approximate surface area is 210 Å². The molecule has 36 heavy (non-hydrogen) atoms. The first-order valence-corrected chi connectivity index (χ1v) is 12.5. The summed E-state index contributed by atoms with van der Waals surface area (Å²) in [6.45, 7) is 0.377. The van der Waals surface area contributed by atoms with Gasteiger partial charge in [0.05, 0.1) is 7.11 Å². The van der Waals surface area contributed by atoms with Gasteiger partial charge in [-0.3, -0.25) is 14.4 Å². The third-order valence-electron chi connectivity index (χ3n) is 7.17. The molecule has 1 aromatic carbocycles. The van der Waals surface area contributed by atoms with E-state index >= 15 is 0 Å². The van der Waals surface area contributed by atoms with E-state index in [0.717, 1.165) is 19.3 Å². The highest BCUT2D eigenvalue weighted by Gasteiger charge is 2.60. The molecule has 0 radical (unpaired) electrons. The number of rotatable bonds is 4. The van der Waals surface area contributed by atoms with E-state index in [1.807, 2.05) is 12.2 Å². The third-order valence-corrected chi connectivity index (χ3v) is 7.17. The molecule has 10 heteroatoms. The number of methoxy groups -OCH3 is 1. The lowest BCUT2D eigenvalue weighted by atomic mass is 10.1. The number of nitrogens with one attached hydrogen (secondary N) is 2. The summed E-state index contributed by atoms with van der Waals surface area (Å²) in [4.78, 5) is 53.1. The largest absolute Gasteiger partial charge is 0.497 e. The van der Waals surface area contributed by atoms with Gasteiger partial charge in [0.15, 0.2) is 6.10 Å². The molecule has 10 nitrogen and oxygen atoms in total. The van der Waals surface area contributed by atoms with Gasteiger partial charge >= 0.3 is 6.09 Å². The lowest BCUT2D eigenvalue weighted by Crippen LogP contribution is -2.55. The molecule has 0 aromatic heterocycles. The van der Waals surface area contributed by atoms with Crippen molar-refractivity contribution < 1.29 is 28.7 Å². The average Bonchev–Trinajstić information content (AvgIpc) is 3.32. The topological polar surface area (TPSA) is 140 Å². The van der Waals surface area contributed by atoms with Crippen LogP contribution >= 0.6 is 0 Å². The summed E-state index contributed by atoms with van der Waals surface area (Å²) in [5.41, 5.74) is 4.68. The molecule has 1 aliphatic carbocycles. The highest BCUT2D eigenvalue weighted by atomic mass is 16.6. The van der Waals surface area contributed by atoms with Gasteiger partial charge in [-0.1, -0.05) is 24.6 Å². The molecular formula is C26H34N4O6.